The number of hydrogen-bond donors (Lipinski definition) is 0. The van der Waals surface area contributed by atoms with Crippen LogP contribution in [0.15, 0.2) is 57.5 Å². The van der Waals surface area contributed by atoms with Crippen LogP contribution in [0.4, 0.5) is 0 Å². The van der Waals surface area contributed by atoms with Gasteiger partial charge in [-0.2, -0.15) is 0 Å². The van der Waals surface area contributed by atoms with E-state index in [1.54, 1.807) is 63.4 Å². The molecular weight excluding hydrogens is 536 g/mol. The van der Waals surface area contributed by atoms with Crippen molar-refractivity contribution < 1.29 is 33.3 Å². The molecule has 11 heteroatoms. The van der Waals surface area contributed by atoms with Gasteiger partial charge in [-0.05, 0) is 56.7 Å². The van der Waals surface area contributed by atoms with Crippen molar-refractivity contribution in [1.82, 2.24) is 4.57 Å². The van der Waals surface area contributed by atoms with E-state index < -0.39 is 18.0 Å². The predicted octanol–water partition coefficient (Wildman–Crippen LogP) is 3.14. The number of methoxy groups -OCH3 is 2. The summed E-state index contributed by atoms with van der Waals surface area (Å²) >= 11 is 1.19. The largest absolute Gasteiger partial charge is 0.497 e. The molecule has 3 aromatic rings. The second-order valence-electron chi connectivity index (χ2n) is 8.64. The maximum Gasteiger partial charge on any atom is 0.338 e. The van der Waals surface area contributed by atoms with Gasteiger partial charge in [0.25, 0.3) is 5.56 Å². The summed E-state index contributed by atoms with van der Waals surface area (Å²) in [5, 5.41) is 0. The molecule has 1 aliphatic rings. The summed E-state index contributed by atoms with van der Waals surface area (Å²) in [4.78, 5) is 43.6. The lowest BCUT2D eigenvalue weighted by molar-refractivity contribution is -0.139. The number of fused-ring (bicyclic) bond motifs is 1. The molecule has 4 rings (SSSR count). The van der Waals surface area contributed by atoms with Crippen molar-refractivity contribution in [2.24, 2.45) is 4.99 Å². The highest BCUT2D eigenvalue weighted by Crippen LogP contribution is 2.37. The molecule has 0 fully saturated rings. The Balaban J connectivity index is 1.93. The molecule has 0 amide bonds. The average Bonchev–Trinajstić information content (AvgIpc) is 3.23. The van der Waals surface area contributed by atoms with Crippen LogP contribution in [0.3, 0.4) is 0 Å². The number of aromatic nitrogens is 1. The summed E-state index contributed by atoms with van der Waals surface area (Å²) in [6.07, 6.45) is 1.70. The summed E-state index contributed by atoms with van der Waals surface area (Å²) in [5.41, 5.74) is 1.58. The quantitative estimate of drug-likeness (QED) is 0.287. The van der Waals surface area contributed by atoms with Crippen LogP contribution in [0.5, 0.6) is 23.0 Å². The fraction of sp³-hybridized carbons (Fsp3) is 0.310. The Hall–Kier alpha value is -4.38. The highest BCUT2D eigenvalue weighted by Gasteiger charge is 2.35. The lowest BCUT2D eigenvalue weighted by Gasteiger charge is -2.26. The fourth-order valence-corrected chi connectivity index (χ4v) is 5.45. The van der Waals surface area contributed by atoms with Gasteiger partial charge in [0.15, 0.2) is 16.3 Å². The van der Waals surface area contributed by atoms with Gasteiger partial charge in [0.1, 0.15) is 17.5 Å². The Bertz CT molecular complexity index is 1670. The molecule has 2 heterocycles. The van der Waals surface area contributed by atoms with Crippen molar-refractivity contribution in [3.8, 4) is 23.0 Å². The summed E-state index contributed by atoms with van der Waals surface area (Å²) in [7, 11) is 3.05. The van der Waals surface area contributed by atoms with E-state index in [4.69, 9.17) is 23.7 Å². The van der Waals surface area contributed by atoms with Gasteiger partial charge in [0.05, 0.1) is 43.2 Å². The van der Waals surface area contributed by atoms with Crippen molar-refractivity contribution >= 4 is 29.4 Å². The normalized spacial score (nSPS) is 14.8. The van der Waals surface area contributed by atoms with Crippen LogP contribution >= 0.6 is 11.3 Å². The van der Waals surface area contributed by atoms with Gasteiger partial charge in [-0.15, -0.1) is 0 Å². The monoisotopic (exact) mass is 566 g/mol. The van der Waals surface area contributed by atoms with Crippen molar-refractivity contribution in [3.05, 3.63) is 78.5 Å². The van der Waals surface area contributed by atoms with Gasteiger partial charge >= 0.3 is 11.9 Å². The van der Waals surface area contributed by atoms with E-state index in [0.717, 1.165) is 0 Å². The first-order valence-electron chi connectivity index (χ1n) is 12.6. The van der Waals surface area contributed by atoms with Crippen LogP contribution in [-0.4, -0.2) is 43.9 Å². The SMILES string of the molecule is CCOC(=O)C1=C(C)N=c2s/c(=C\c3ccc(OC(C)=O)c(OCC)c3)c(=O)n2[C@@H]1c1ccc(OC)cc1OC. The van der Waals surface area contributed by atoms with Crippen LogP contribution < -0.4 is 33.8 Å². The number of thiazole rings is 1. The summed E-state index contributed by atoms with van der Waals surface area (Å²) in [5.74, 6) is 0.633. The maximum absolute atomic E-state index is 13.9. The van der Waals surface area contributed by atoms with E-state index in [2.05, 4.69) is 4.99 Å². The third-order valence-electron chi connectivity index (χ3n) is 6.07. The first kappa shape index (κ1) is 28.6. The van der Waals surface area contributed by atoms with E-state index in [0.29, 0.717) is 50.0 Å². The Morgan fingerprint density at radius 3 is 2.45 bits per heavy atom. The number of carbonyl (C=O) groups is 2. The molecule has 1 aliphatic heterocycles. The molecule has 0 saturated carbocycles. The highest BCUT2D eigenvalue weighted by atomic mass is 32.1. The van der Waals surface area contributed by atoms with Crippen molar-refractivity contribution in [2.75, 3.05) is 27.4 Å². The molecular formula is C29H30N2O8S. The number of allylic oxidation sites excluding steroid dienone is 1. The zero-order valence-electron chi connectivity index (χ0n) is 23.1. The molecule has 0 spiro atoms. The lowest BCUT2D eigenvalue weighted by Crippen LogP contribution is -2.40. The van der Waals surface area contributed by atoms with Crippen LogP contribution in [0.1, 0.15) is 44.9 Å². The topological polar surface area (TPSA) is 115 Å². The molecule has 2 aromatic carbocycles. The minimum atomic E-state index is -0.844. The first-order valence-corrected chi connectivity index (χ1v) is 13.4. The maximum atomic E-state index is 13.9. The third-order valence-corrected chi connectivity index (χ3v) is 7.05. The van der Waals surface area contributed by atoms with Gasteiger partial charge < -0.3 is 23.7 Å². The third kappa shape index (κ3) is 5.64. The Morgan fingerprint density at radius 2 is 1.80 bits per heavy atom. The highest BCUT2D eigenvalue weighted by molar-refractivity contribution is 7.07. The molecule has 40 heavy (non-hydrogen) atoms. The minimum absolute atomic E-state index is 0.165. The summed E-state index contributed by atoms with van der Waals surface area (Å²) < 4.78 is 29.1. The van der Waals surface area contributed by atoms with E-state index in [-0.39, 0.29) is 23.5 Å². The zero-order chi connectivity index (χ0) is 29.0. The van der Waals surface area contributed by atoms with Gasteiger partial charge in [0.2, 0.25) is 0 Å². The van der Waals surface area contributed by atoms with Crippen LogP contribution in [0.2, 0.25) is 0 Å². The molecule has 10 nitrogen and oxygen atoms in total. The molecule has 0 unspecified atom stereocenters. The minimum Gasteiger partial charge on any atom is -0.497 e. The van der Waals surface area contributed by atoms with E-state index in [1.165, 1.54) is 29.9 Å². The number of ether oxygens (including phenoxy) is 5. The van der Waals surface area contributed by atoms with E-state index in [9.17, 15) is 14.4 Å². The summed E-state index contributed by atoms with van der Waals surface area (Å²) in [6.45, 7) is 7.09. The van der Waals surface area contributed by atoms with Crippen molar-refractivity contribution in [2.45, 2.75) is 33.7 Å². The number of hydrogen-bond acceptors (Lipinski definition) is 10. The van der Waals surface area contributed by atoms with E-state index >= 15 is 0 Å². The molecule has 1 aromatic heterocycles. The molecule has 0 bridgehead atoms. The number of carbonyl (C=O) groups excluding carboxylic acids is 2. The summed E-state index contributed by atoms with van der Waals surface area (Å²) in [6, 6.07) is 9.39. The molecule has 1 atom stereocenters. The lowest BCUT2D eigenvalue weighted by atomic mass is 9.95. The second-order valence-corrected chi connectivity index (χ2v) is 9.65. The second kappa shape index (κ2) is 12.2. The molecule has 0 radical (unpaired) electrons. The van der Waals surface area contributed by atoms with Gasteiger partial charge in [-0.1, -0.05) is 17.4 Å². The number of benzene rings is 2. The van der Waals surface area contributed by atoms with Crippen LogP contribution in [0.25, 0.3) is 6.08 Å². The van der Waals surface area contributed by atoms with Crippen molar-refractivity contribution in [3.63, 3.8) is 0 Å². The molecule has 0 aliphatic carbocycles. The number of nitrogens with zero attached hydrogens (tertiary/aromatic N) is 2. The van der Waals surface area contributed by atoms with Gasteiger partial charge in [-0.3, -0.25) is 14.2 Å². The molecule has 0 saturated heterocycles. The Labute approximate surface area is 234 Å². The predicted molar refractivity (Wildman–Crippen MR) is 149 cm³/mol. The Kier molecular flexibility index (Phi) is 8.73. The molecule has 0 N–H and O–H groups in total. The van der Waals surface area contributed by atoms with Gasteiger partial charge in [0, 0.05) is 18.6 Å². The smallest absolute Gasteiger partial charge is 0.338 e. The number of esters is 2. The molecule has 210 valence electrons. The van der Waals surface area contributed by atoms with E-state index in [1.807, 2.05) is 6.92 Å². The van der Waals surface area contributed by atoms with Crippen molar-refractivity contribution in [1.29, 1.82) is 0 Å². The van der Waals surface area contributed by atoms with Crippen LogP contribution in [-0.2, 0) is 14.3 Å². The zero-order valence-corrected chi connectivity index (χ0v) is 23.9. The first-order chi connectivity index (χ1) is 19.2. The van der Waals surface area contributed by atoms with Gasteiger partial charge in [-0.25, -0.2) is 9.79 Å². The standard InChI is InChI=1S/C29H30N2O8S/c1-7-37-23-13-18(9-12-21(23)39-17(4)32)14-24-27(33)31-26(20-11-10-19(35-5)15-22(20)36-6)25(28(34)38-8-2)16(3)30-29(31)40-24/h9-15,26H,7-8H2,1-6H3/b24-14-/t26-/m1/s1. The van der Waals surface area contributed by atoms with Crippen LogP contribution in [0, 0.1) is 0 Å². The fourth-order valence-electron chi connectivity index (χ4n) is 4.40. The Morgan fingerprint density at radius 1 is 1.02 bits per heavy atom. The average molecular weight is 567 g/mol. The number of rotatable bonds is 9.